The van der Waals surface area contributed by atoms with Crippen molar-refractivity contribution in [2.24, 2.45) is 0 Å². The second kappa shape index (κ2) is 14.3. The first-order chi connectivity index (χ1) is 29.5. The number of para-hydroxylation sites is 3. The van der Waals surface area contributed by atoms with Gasteiger partial charge in [-0.2, -0.15) is 0 Å². The summed E-state index contributed by atoms with van der Waals surface area (Å²) >= 11 is 0. The van der Waals surface area contributed by atoms with Crippen LogP contribution in [0.15, 0.2) is 205 Å². The molecule has 286 valence electrons. The Balaban J connectivity index is 1.13. The largest absolute Gasteiger partial charge is 0.455 e. The zero-order chi connectivity index (χ0) is 40.3. The Kier molecular flexibility index (Phi) is 8.49. The van der Waals surface area contributed by atoms with E-state index in [-0.39, 0.29) is 0 Å². The molecule has 0 unspecified atom stereocenters. The van der Waals surface area contributed by atoms with Crippen LogP contribution in [-0.4, -0.2) is 4.57 Å². The minimum absolute atomic E-state index is 0.877. The van der Waals surface area contributed by atoms with E-state index < -0.39 is 0 Å². The SMILES string of the molecule is Cc1cc(N(c2cc(-c3ccc(-n4c5ccccc5c5ccccc54)cc3)c3oc4ccccc4c3c2)c2ccc(-c3ccccc3)cc2C)c(C)cc1-c1ccccc1. The molecule has 2 aromatic heterocycles. The molecule has 0 radical (unpaired) electrons. The fourth-order valence-electron chi connectivity index (χ4n) is 9.24. The first kappa shape index (κ1) is 35.5. The molecule has 0 saturated heterocycles. The van der Waals surface area contributed by atoms with Gasteiger partial charge in [0.2, 0.25) is 0 Å². The van der Waals surface area contributed by atoms with Crippen molar-refractivity contribution in [2.45, 2.75) is 20.8 Å². The highest BCUT2D eigenvalue weighted by molar-refractivity contribution is 6.12. The number of aromatic nitrogens is 1. The lowest BCUT2D eigenvalue weighted by molar-refractivity contribution is 0.670. The first-order valence-electron chi connectivity index (χ1n) is 20.7. The number of furan rings is 1. The average molecular weight is 771 g/mol. The van der Waals surface area contributed by atoms with Gasteiger partial charge in [0, 0.05) is 49.9 Å². The molecule has 60 heavy (non-hydrogen) atoms. The van der Waals surface area contributed by atoms with Crippen LogP contribution in [0.25, 0.3) is 82.8 Å². The van der Waals surface area contributed by atoms with Crippen LogP contribution in [0.2, 0.25) is 0 Å². The number of hydrogen-bond acceptors (Lipinski definition) is 2. The van der Waals surface area contributed by atoms with Crippen molar-refractivity contribution in [3.8, 4) is 39.1 Å². The molecule has 0 aliphatic carbocycles. The second-order valence-corrected chi connectivity index (χ2v) is 15.9. The fraction of sp³-hybridized carbons (Fsp3) is 0.0526. The van der Waals surface area contributed by atoms with Crippen molar-refractivity contribution >= 4 is 60.8 Å². The lowest BCUT2D eigenvalue weighted by Gasteiger charge is -2.30. The van der Waals surface area contributed by atoms with Gasteiger partial charge in [-0.3, -0.25) is 0 Å². The molecule has 11 rings (SSSR count). The summed E-state index contributed by atoms with van der Waals surface area (Å²) in [4.78, 5) is 2.46. The lowest BCUT2D eigenvalue weighted by atomic mass is 9.95. The molecule has 2 heterocycles. The van der Waals surface area contributed by atoms with Crippen molar-refractivity contribution in [2.75, 3.05) is 4.90 Å². The molecule has 0 amide bonds. The van der Waals surface area contributed by atoms with Gasteiger partial charge in [-0.1, -0.05) is 133 Å². The van der Waals surface area contributed by atoms with Crippen LogP contribution in [0, 0.1) is 20.8 Å². The summed E-state index contributed by atoms with van der Waals surface area (Å²) in [6.45, 7) is 6.70. The molecule has 0 N–H and O–H groups in total. The number of benzene rings is 9. The van der Waals surface area contributed by atoms with Crippen LogP contribution in [0.4, 0.5) is 17.1 Å². The molecule has 3 nitrogen and oxygen atoms in total. The minimum atomic E-state index is 0.877. The maximum absolute atomic E-state index is 6.77. The Bertz CT molecular complexity index is 3340. The van der Waals surface area contributed by atoms with E-state index in [2.05, 4.69) is 230 Å². The molecule has 0 fully saturated rings. The van der Waals surface area contributed by atoms with Crippen LogP contribution in [-0.2, 0) is 0 Å². The maximum Gasteiger partial charge on any atom is 0.143 e. The smallest absolute Gasteiger partial charge is 0.143 e. The zero-order valence-electron chi connectivity index (χ0n) is 33.9. The van der Waals surface area contributed by atoms with Gasteiger partial charge in [0.15, 0.2) is 0 Å². The lowest BCUT2D eigenvalue weighted by Crippen LogP contribution is -2.13. The predicted molar refractivity (Wildman–Crippen MR) is 253 cm³/mol. The highest BCUT2D eigenvalue weighted by atomic mass is 16.3. The van der Waals surface area contributed by atoms with E-state index in [1.807, 2.05) is 0 Å². The van der Waals surface area contributed by atoms with Crippen molar-refractivity contribution in [3.05, 3.63) is 217 Å². The van der Waals surface area contributed by atoms with Gasteiger partial charge in [0.1, 0.15) is 11.2 Å². The Morgan fingerprint density at radius 3 is 1.63 bits per heavy atom. The number of rotatable bonds is 7. The topological polar surface area (TPSA) is 21.3 Å². The van der Waals surface area contributed by atoms with Crippen molar-refractivity contribution in [1.29, 1.82) is 0 Å². The van der Waals surface area contributed by atoms with E-state index >= 15 is 0 Å². The van der Waals surface area contributed by atoms with Crippen LogP contribution in [0.1, 0.15) is 16.7 Å². The van der Waals surface area contributed by atoms with E-state index in [9.17, 15) is 0 Å². The van der Waals surface area contributed by atoms with E-state index in [1.165, 1.54) is 60.8 Å². The summed E-state index contributed by atoms with van der Waals surface area (Å²) in [5, 5.41) is 4.69. The van der Waals surface area contributed by atoms with Gasteiger partial charge in [-0.15, -0.1) is 0 Å². The summed E-state index contributed by atoms with van der Waals surface area (Å²) in [5.41, 5.74) is 19.2. The van der Waals surface area contributed by atoms with E-state index in [4.69, 9.17) is 4.42 Å². The molecule has 9 aromatic carbocycles. The summed E-state index contributed by atoms with van der Waals surface area (Å²) in [7, 11) is 0. The standard InChI is InChI=1S/C57H42N2O/c1-37-34-55(39(3)33-49(37)41-18-8-5-9-19-41)59(52-31-28-43(32-38(52)2)40-16-6-4-7-17-40)45-35-50(57-51(36-45)48-22-12-15-25-56(48)60-57)42-26-29-44(30-27-42)58-53-23-13-10-20-46(53)47-21-11-14-24-54(47)58/h4-36H,1-3H3. The summed E-state index contributed by atoms with van der Waals surface area (Å²) in [6, 6.07) is 72.3. The molecule has 3 heteroatoms. The van der Waals surface area contributed by atoms with Gasteiger partial charge in [0.25, 0.3) is 0 Å². The average Bonchev–Trinajstić information content (AvgIpc) is 3.84. The Morgan fingerprint density at radius 1 is 0.383 bits per heavy atom. The van der Waals surface area contributed by atoms with E-state index in [0.717, 1.165) is 55.8 Å². The number of aryl methyl sites for hydroxylation is 3. The summed E-state index contributed by atoms with van der Waals surface area (Å²) < 4.78 is 9.14. The third kappa shape index (κ3) is 5.89. The van der Waals surface area contributed by atoms with Crippen LogP contribution in [0.3, 0.4) is 0 Å². The molecular formula is C57H42N2O. The molecule has 11 aromatic rings. The zero-order valence-corrected chi connectivity index (χ0v) is 33.9. The van der Waals surface area contributed by atoms with Crippen molar-refractivity contribution in [3.63, 3.8) is 0 Å². The predicted octanol–water partition coefficient (Wildman–Crippen LogP) is 16.1. The highest BCUT2D eigenvalue weighted by Crippen LogP contribution is 2.46. The molecule has 0 aliphatic heterocycles. The summed E-state index contributed by atoms with van der Waals surface area (Å²) in [5.74, 6) is 0. The van der Waals surface area contributed by atoms with E-state index in [1.54, 1.807) is 0 Å². The molecule has 0 spiro atoms. The number of fused-ring (bicyclic) bond motifs is 6. The number of anilines is 3. The molecule has 0 saturated carbocycles. The molecule has 0 aliphatic rings. The van der Waals surface area contributed by atoms with Crippen LogP contribution < -0.4 is 4.90 Å². The molecular weight excluding hydrogens is 729 g/mol. The quantitative estimate of drug-likeness (QED) is 0.161. The third-order valence-electron chi connectivity index (χ3n) is 12.2. The number of nitrogens with zero attached hydrogens (tertiary/aromatic N) is 2. The van der Waals surface area contributed by atoms with Gasteiger partial charge in [-0.05, 0) is 132 Å². The van der Waals surface area contributed by atoms with Gasteiger partial charge in [0.05, 0.1) is 11.0 Å². The van der Waals surface area contributed by atoms with Crippen molar-refractivity contribution in [1.82, 2.24) is 4.57 Å². The van der Waals surface area contributed by atoms with Gasteiger partial charge in [-0.25, -0.2) is 0 Å². The van der Waals surface area contributed by atoms with Gasteiger partial charge < -0.3 is 13.9 Å². The van der Waals surface area contributed by atoms with Crippen LogP contribution >= 0.6 is 0 Å². The minimum Gasteiger partial charge on any atom is -0.455 e. The van der Waals surface area contributed by atoms with Crippen LogP contribution in [0.5, 0.6) is 0 Å². The summed E-state index contributed by atoms with van der Waals surface area (Å²) in [6.07, 6.45) is 0. The number of hydrogen-bond donors (Lipinski definition) is 0. The maximum atomic E-state index is 6.77. The fourth-order valence-corrected chi connectivity index (χ4v) is 9.24. The van der Waals surface area contributed by atoms with Crippen molar-refractivity contribution < 1.29 is 4.42 Å². The normalized spacial score (nSPS) is 11.6. The van der Waals surface area contributed by atoms with Gasteiger partial charge >= 0.3 is 0 Å². The monoisotopic (exact) mass is 770 g/mol. The molecule has 0 atom stereocenters. The Hall–Kier alpha value is -7.62. The second-order valence-electron chi connectivity index (χ2n) is 15.9. The Morgan fingerprint density at radius 2 is 0.950 bits per heavy atom. The first-order valence-corrected chi connectivity index (χ1v) is 20.7. The molecule has 0 bridgehead atoms. The van der Waals surface area contributed by atoms with E-state index in [0.29, 0.717) is 0 Å². The highest BCUT2D eigenvalue weighted by Gasteiger charge is 2.23. The third-order valence-corrected chi connectivity index (χ3v) is 12.2. The Labute approximate surface area is 350 Å².